The number of rotatable bonds is 3. The second kappa shape index (κ2) is 7.14. The van der Waals surface area contributed by atoms with E-state index in [9.17, 15) is 4.79 Å². The van der Waals surface area contributed by atoms with Crippen LogP contribution in [0.1, 0.15) is 45.7 Å². The minimum atomic E-state index is -0.426. The molecular formula is C18H28N2O2. The summed E-state index contributed by atoms with van der Waals surface area (Å²) in [6.07, 6.45) is 0.885. The molecule has 0 saturated carbocycles. The summed E-state index contributed by atoms with van der Waals surface area (Å²) >= 11 is 0. The van der Waals surface area contributed by atoms with Crippen molar-refractivity contribution in [3.63, 3.8) is 0 Å². The van der Waals surface area contributed by atoms with Crippen LogP contribution < -0.4 is 0 Å². The molecule has 1 saturated heterocycles. The van der Waals surface area contributed by atoms with Gasteiger partial charge in [-0.05, 0) is 32.8 Å². The molecule has 1 aromatic rings. The van der Waals surface area contributed by atoms with Crippen molar-refractivity contribution < 1.29 is 9.53 Å². The fourth-order valence-electron chi connectivity index (χ4n) is 2.92. The third kappa shape index (κ3) is 4.47. The number of nitrogens with zero attached hydrogens (tertiary/aromatic N) is 2. The van der Waals surface area contributed by atoms with Crippen molar-refractivity contribution in [1.82, 2.24) is 9.80 Å². The second-order valence-electron chi connectivity index (χ2n) is 6.84. The highest BCUT2D eigenvalue weighted by atomic mass is 16.6. The van der Waals surface area contributed by atoms with E-state index < -0.39 is 5.60 Å². The molecule has 1 aliphatic heterocycles. The SMILES string of the molecule is CCC(c1ccccc1)N1CCN(C(=O)OC(C)(C)C)CC1. The molecule has 1 fully saturated rings. The Morgan fingerprint density at radius 1 is 1.14 bits per heavy atom. The fraction of sp³-hybridized carbons (Fsp3) is 0.611. The molecule has 0 aromatic heterocycles. The third-order valence-corrected chi connectivity index (χ3v) is 3.98. The lowest BCUT2D eigenvalue weighted by molar-refractivity contribution is 0.00998. The summed E-state index contributed by atoms with van der Waals surface area (Å²) < 4.78 is 5.45. The molecular weight excluding hydrogens is 276 g/mol. The van der Waals surface area contributed by atoms with Crippen LogP contribution in [0.15, 0.2) is 30.3 Å². The Kier molecular flexibility index (Phi) is 5.46. The number of carbonyl (C=O) groups is 1. The van der Waals surface area contributed by atoms with Crippen molar-refractivity contribution in [3.8, 4) is 0 Å². The molecule has 4 nitrogen and oxygen atoms in total. The van der Waals surface area contributed by atoms with Crippen molar-refractivity contribution in [2.75, 3.05) is 26.2 Å². The summed E-state index contributed by atoms with van der Waals surface area (Å²) in [6.45, 7) is 11.2. The molecule has 4 heteroatoms. The Morgan fingerprint density at radius 3 is 2.23 bits per heavy atom. The van der Waals surface area contributed by atoms with E-state index in [1.807, 2.05) is 25.7 Å². The molecule has 22 heavy (non-hydrogen) atoms. The number of carbonyl (C=O) groups excluding carboxylic acids is 1. The van der Waals surface area contributed by atoms with E-state index >= 15 is 0 Å². The lowest BCUT2D eigenvalue weighted by Crippen LogP contribution is -2.50. The van der Waals surface area contributed by atoms with E-state index in [4.69, 9.17) is 4.74 Å². The molecule has 1 aromatic carbocycles. The molecule has 1 atom stereocenters. The van der Waals surface area contributed by atoms with Crippen LogP contribution in [-0.4, -0.2) is 47.7 Å². The average Bonchev–Trinajstić information content (AvgIpc) is 2.48. The summed E-state index contributed by atoms with van der Waals surface area (Å²) in [5.41, 5.74) is 0.931. The summed E-state index contributed by atoms with van der Waals surface area (Å²) in [6, 6.07) is 11.0. The lowest BCUT2D eigenvalue weighted by atomic mass is 10.0. The number of amides is 1. The normalized spacial score (nSPS) is 18.1. The van der Waals surface area contributed by atoms with Crippen LogP contribution in [0.3, 0.4) is 0 Å². The zero-order valence-electron chi connectivity index (χ0n) is 14.2. The van der Waals surface area contributed by atoms with Crippen molar-refractivity contribution in [2.45, 2.75) is 45.8 Å². The molecule has 2 rings (SSSR count). The number of hydrogen-bond acceptors (Lipinski definition) is 3. The van der Waals surface area contributed by atoms with E-state index in [2.05, 4.69) is 42.2 Å². The topological polar surface area (TPSA) is 32.8 Å². The van der Waals surface area contributed by atoms with Crippen molar-refractivity contribution in [3.05, 3.63) is 35.9 Å². The molecule has 1 aliphatic rings. The Bertz CT molecular complexity index is 474. The molecule has 0 aliphatic carbocycles. The van der Waals surface area contributed by atoms with E-state index in [-0.39, 0.29) is 6.09 Å². The van der Waals surface area contributed by atoms with Crippen molar-refractivity contribution in [1.29, 1.82) is 0 Å². The van der Waals surface area contributed by atoms with E-state index in [0.717, 1.165) is 32.6 Å². The summed E-state index contributed by atoms with van der Waals surface area (Å²) in [5.74, 6) is 0. The largest absolute Gasteiger partial charge is 0.444 e. The van der Waals surface area contributed by atoms with Gasteiger partial charge in [0.05, 0.1) is 0 Å². The number of hydrogen-bond donors (Lipinski definition) is 0. The van der Waals surface area contributed by atoms with Crippen molar-refractivity contribution >= 4 is 6.09 Å². The maximum atomic E-state index is 12.1. The van der Waals surface area contributed by atoms with Gasteiger partial charge in [-0.2, -0.15) is 0 Å². The maximum Gasteiger partial charge on any atom is 0.410 e. The monoisotopic (exact) mass is 304 g/mol. The molecule has 0 radical (unpaired) electrons. The minimum absolute atomic E-state index is 0.195. The molecule has 1 heterocycles. The van der Waals surface area contributed by atoms with Crippen molar-refractivity contribution in [2.24, 2.45) is 0 Å². The van der Waals surface area contributed by atoms with Crippen LogP contribution in [0.25, 0.3) is 0 Å². The van der Waals surface area contributed by atoms with Gasteiger partial charge in [-0.25, -0.2) is 4.79 Å². The zero-order valence-corrected chi connectivity index (χ0v) is 14.2. The van der Waals surface area contributed by atoms with Gasteiger partial charge in [0.25, 0.3) is 0 Å². The number of piperazine rings is 1. The highest BCUT2D eigenvalue weighted by Crippen LogP contribution is 2.25. The first kappa shape index (κ1) is 16.8. The molecule has 1 unspecified atom stereocenters. The summed E-state index contributed by atoms with van der Waals surface area (Å²) in [4.78, 5) is 16.4. The first-order valence-electron chi connectivity index (χ1n) is 8.17. The van der Waals surface area contributed by atoms with Crippen LogP contribution >= 0.6 is 0 Å². The average molecular weight is 304 g/mol. The highest BCUT2D eigenvalue weighted by Gasteiger charge is 2.28. The Labute approximate surface area is 134 Å². The third-order valence-electron chi connectivity index (χ3n) is 3.98. The maximum absolute atomic E-state index is 12.1. The highest BCUT2D eigenvalue weighted by molar-refractivity contribution is 5.68. The van der Waals surface area contributed by atoms with E-state index in [1.54, 1.807) is 0 Å². The number of ether oxygens (including phenoxy) is 1. The Morgan fingerprint density at radius 2 is 1.73 bits per heavy atom. The van der Waals surface area contributed by atoms with Gasteiger partial charge >= 0.3 is 6.09 Å². The second-order valence-corrected chi connectivity index (χ2v) is 6.84. The van der Waals surface area contributed by atoms with Gasteiger partial charge in [-0.15, -0.1) is 0 Å². The van der Waals surface area contributed by atoms with Gasteiger partial charge in [0.2, 0.25) is 0 Å². The standard InChI is InChI=1S/C18H28N2O2/c1-5-16(15-9-7-6-8-10-15)19-11-13-20(14-12-19)17(21)22-18(2,3)4/h6-10,16H,5,11-14H2,1-4H3. The van der Waals surface area contributed by atoms with E-state index in [0.29, 0.717) is 6.04 Å². The summed E-state index contributed by atoms with van der Waals surface area (Å²) in [7, 11) is 0. The first-order chi connectivity index (χ1) is 10.4. The molecule has 0 bridgehead atoms. The van der Waals surface area contributed by atoms with Crippen LogP contribution in [0.2, 0.25) is 0 Å². The van der Waals surface area contributed by atoms with Gasteiger partial charge in [0.1, 0.15) is 5.60 Å². The quantitative estimate of drug-likeness (QED) is 0.854. The van der Waals surface area contributed by atoms with Crippen LogP contribution in [0.5, 0.6) is 0 Å². The summed E-state index contributed by atoms with van der Waals surface area (Å²) in [5, 5.41) is 0. The first-order valence-corrected chi connectivity index (χ1v) is 8.17. The smallest absolute Gasteiger partial charge is 0.410 e. The van der Waals surface area contributed by atoms with Crippen LogP contribution in [0, 0.1) is 0 Å². The molecule has 1 amide bonds. The Balaban J connectivity index is 1.92. The van der Waals surface area contributed by atoms with Gasteiger partial charge in [-0.1, -0.05) is 37.3 Å². The number of benzene rings is 1. The van der Waals surface area contributed by atoms with Gasteiger partial charge in [0, 0.05) is 32.2 Å². The minimum Gasteiger partial charge on any atom is -0.444 e. The molecule has 122 valence electrons. The molecule has 0 spiro atoms. The predicted molar refractivity (Wildman–Crippen MR) is 88.9 cm³/mol. The zero-order chi connectivity index (χ0) is 16.2. The van der Waals surface area contributed by atoms with Gasteiger partial charge in [0.15, 0.2) is 0 Å². The lowest BCUT2D eigenvalue weighted by Gasteiger charge is -2.39. The van der Waals surface area contributed by atoms with E-state index in [1.165, 1.54) is 5.56 Å². The van der Waals surface area contributed by atoms with Crippen LogP contribution in [0.4, 0.5) is 4.79 Å². The van der Waals surface area contributed by atoms with Crippen LogP contribution in [-0.2, 0) is 4.74 Å². The fourth-order valence-corrected chi connectivity index (χ4v) is 2.92. The predicted octanol–water partition coefficient (Wildman–Crippen LogP) is 3.69. The molecule has 0 N–H and O–H groups in total. The Hall–Kier alpha value is -1.55. The van der Waals surface area contributed by atoms with Gasteiger partial charge < -0.3 is 9.64 Å². The van der Waals surface area contributed by atoms with Gasteiger partial charge in [-0.3, -0.25) is 4.90 Å².